The summed E-state index contributed by atoms with van der Waals surface area (Å²) in [5.74, 6) is 0. The summed E-state index contributed by atoms with van der Waals surface area (Å²) in [6.07, 6.45) is 2.61. The summed E-state index contributed by atoms with van der Waals surface area (Å²) in [5, 5.41) is 8.10. The summed E-state index contributed by atoms with van der Waals surface area (Å²) in [4.78, 5) is 4.67. The number of nitrogens with one attached hydrogen (secondary N) is 1. The second-order valence-electron chi connectivity index (χ2n) is 5.77. The van der Waals surface area contributed by atoms with Gasteiger partial charge in [-0.15, -0.1) is 0 Å². The maximum absolute atomic E-state index is 13.1. The van der Waals surface area contributed by atoms with Gasteiger partial charge in [0.05, 0.1) is 16.3 Å². The fraction of sp³-hybridized carbons (Fsp3) is 0.250. The molecule has 4 rings (SSSR count). The number of aryl methyl sites for hydroxylation is 1. The Bertz CT molecular complexity index is 1060. The van der Waals surface area contributed by atoms with Crippen LogP contribution in [0.4, 0.5) is 0 Å². The lowest BCUT2D eigenvalue weighted by Gasteiger charge is -2.17. The molecule has 0 saturated carbocycles. The first kappa shape index (κ1) is 15.6. The Hall–Kier alpha value is -1.96. The summed E-state index contributed by atoms with van der Waals surface area (Å²) >= 11 is 5.96. The number of benzene rings is 1. The van der Waals surface area contributed by atoms with Gasteiger partial charge in [0.1, 0.15) is 4.90 Å². The van der Waals surface area contributed by atoms with Gasteiger partial charge in [0, 0.05) is 17.8 Å². The Labute approximate surface area is 144 Å². The molecular weight excluding hydrogens is 348 g/mol. The van der Waals surface area contributed by atoms with Gasteiger partial charge in [-0.25, -0.2) is 17.9 Å². The smallest absolute Gasteiger partial charge is 0.212 e. The zero-order valence-electron chi connectivity index (χ0n) is 13.0. The van der Waals surface area contributed by atoms with Gasteiger partial charge in [-0.3, -0.25) is 0 Å². The average Bonchev–Trinajstić information content (AvgIpc) is 2.92. The van der Waals surface area contributed by atoms with Gasteiger partial charge in [-0.2, -0.15) is 5.10 Å². The normalized spacial score (nSPS) is 14.8. The van der Waals surface area contributed by atoms with Crippen molar-refractivity contribution < 1.29 is 8.42 Å². The van der Waals surface area contributed by atoms with Crippen LogP contribution in [-0.4, -0.2) is 29.6 Å². The molecule has 3 aromatic rings. The maximum atomic E-state index is 13.1. The van der Waals surface area contributed by atoms with Gasteiger partial charge >= 0.3 is 0 Å². The molecule has 0 saturated heterocycles. The molecule has 124 valence electrons. The lowest BCUT2D eigenvalue weighted by Crippen LogP contribution is -2.26. The molecule has 0 spiro atoms. The second-order valence-corrected chi connectivity index (χ2v) is 8.09. The largest absolute Gasteiger partial charge is 0.311 e. The molecule has 24 heavy (non-hydrogen) atoms. The van der Waals surface area contributed by atoms with Crippen molar-refractivity contribution in [3.05, 3.63) is 52.4 Å². The third kappa shape index (κ3) is 2.31. The van der Waals surface area contributed by atoms with Crippen molar-refractivity contribution in [1.29, 1.82) is 0 Å². The van der Waals surface area contributed by atoms with E-state index in [9.17, 15) is 8.42 Å². The topological polar surface area (TPSA) is 76.4 Å². The quantitative estimate of drug-likeness (QED) is 0.756. The van der Waals surface area contributed by atoms with Gasteiger partial charge in [0.25, 0.3) is 0 Å². The van der Waals surface area contributed by atoms with E-state index in [1.165, 1.54) is 12.1 Å². The minimum Gasteiger partial charge on any atom is -0.311 e. The SMILES string of the molecule is Cc1nn2c3c(cnc2c1S(=O)(=O)c1cccc(Cl)c1)CCNC3. The van der Waals surface area contributed by atoms with Crippen LogP contribution < -0.4 is 5.32 Å². The molecule has 0 radical (unpaired) electrons. The lowest BCUT2D eigenvalue weighted by molar-refractivity contribution is 0.595. The Kier molecular flexibility index (Phi) is 3.59. The van der Waals surface area contributed by atoms with Gasteiger partial charge in [-0.1, -0.05) is 17.7 Å². The van der Waals surface area contributed by atoms with E-state index in [0.29, 0.717) is 22.9 Å². The average molecular weight is 363 g/mol. The number of hydrogen-bond acceptors (Lipinski definition) is 5. The van der Waals surface area contributed by atoms with Gasteiger partial charge in [0.15, 0.2) is 5.65 Å². The first-order chi connectivity index (χ1) is 11.5. The molecule has 6 nitrogen and oxygen atoms in total. The van der Waals surface area contributed by atoms with E-state index in [1.54, 1.807) is 29.8 Å². The van der Waals surface area contributed by atoms with E-state index in [-0.39, 0.29) is 9.79 Å². The minimum atomic E-state index is -3.75. The van der Waals surface area contributed by atoms with E-state index in [4.69, 9.17) is 11.6 Å². The first-order valence-electron chi connectivity index (χ1n) is 7.56. The van der Waals surface area contributed by atoms with Crippen molar-refractivity contribution in [1.82, 2.24) is 19.9 Å². The van der Waals surface area contributed by atoms with Crippen LogP contribution in [0.5, 0.6) is 0 Å². The number of sulfone groups is 1. The Morgan fingerprint density at radius 3 is 2.96 bits per heavy atom. The zero-order valence-corrected chi connectivity index (χ0v) is 14.5. The van der Waals surface area contributed by atoms with Crippen molar-refractivity contribution in [2.45, 2.75) is 29.7 Å². The molecule has 1 aromatic carbocycles. The minimum absolute atomic E-state index is 0.137. The maximum Gasteiger partial charge on any atom is 0.212 e. The summed E-state index contributed by atoms with van der Waals surface area (Å²) in [7, 11) is -3.75. The number of nitrogens with zero attached hydrogens (tertiary/aromatic N) is 3. The Balaban J connectivity index is 1.99. The molecule has 1 aliphatic rings. The number of hydrogen-bond donors (Lipinski definition) is 1. The molecule has 0 bridgehead atoms. The van der Waals surface area contributed by atoms with E-state index >= 15 is 0 Å². The van der Waals surface area contributed by atoms with E-state index < -0.39 is 9.84 Å². The highest BCUT2D eigenvalue weighted by atomic mass is 35.5. The molecule has 2 aromatic heterocycles. The second kappa shape index (κ2) is 5.54. The number of rotatable bonds is 2. The van der Waals surface area contributed by atoms with Crippen molar-refractivity contribution >= 4 is 27.1 Å². The number of fused-ring (bicyclic) bond motifs is 3. The highest BCUT2D eigenvalue weighted by Crippen LogP contribution is 2.29. The predicted molar refractivity (Wildman–Crippen MR) is 90.0 cm³/mol. The zero-order chi connectivity index (χ0) is 16.9. The molecule has 0 unspecified atom stereocenters. The third-order valence-corrected chi connectivity index (χ3v) is 6.32. The Morgan fingerprint density at radius 2 is 2.17 bits per heavy atom. The molecule has 8 heteroatoms. The summed E-state index contributed by atoms with van der Waals surface area (Å²) < 4.78 is 27.8. The molecule has 1 aliphatic heterocycles. The van der Waals surface area contributed by atoms with Crippen LogP contribution in [0.15, 0.2) is 40.3 Å². The van der Waals surface area contributed by atoms with E-state index in [2.05, 4.69) is 15.4 Å². The fourth-order valence-electron chi connectivity index (χ4n) is 3.05. The molecular formula is C16H15ClN4O2S. The van der Waals surface area contributed by atoms with E-state index in [0.717, 1.165) is 24.2 Å². The highest BCUT2D eigenvalue weighted by Gasteiger charge is 2.28. The standard InChI is InChI=1S/C16H15ClN4O2S/c1-10-15(24(22,23)13-4-2-3-12(17)7-13)16-19-8-11-5-6-18-9-14(11)21(16)20-10/h2-4,7-8,18H,5-6,9H2,1H3. The molecule has 0 fully saturated rings. The Morgan fingerprint density at radius 1 is 1.33 bits per heavy atom. The van der Waals surface area contributed by atoms with Gasteiger partial charge in [-0.05, 0) is 43.7 Å². The van der Waals surface area contributed by atoms with Crippen LogP contribution in [0.2, 0.25) is 5.02 Å². The van der Waals surface area contributed by atoms with Gasteiger partial charge in [0.2, 0.25) is 9.84 Å². The molecule has 0 aliphatic carbocycles. The van der Waals surface area contributed by atoms with Crippen molar-refractivity contribution in [2.24, 2.45) is 0 Å². The van der Waals surface area contributed by atoms with Gasteiger partial charge < -0.3 is 5.32 Å². The predicted octanol–water partition coefficient (Wildman–Crippen LogP) is 2.17. The van der Waals surface area contributed by atoms with Crippen LogP contribution in [0.1, 0.15) is 17.0 Å². The van der Waals surface area contributed by atoms with Crippen LogP contribution in [-0.2, 0) is 22.8 Å². The van der Waals surface area contributed by atoms with Crippen molar-refractivity contribution in [3.8, 4) is 0 Å². The lowest BCUT2D eigenvalue weighted by atomic mass is 10.1. The van der Waals surface area contributed by atoms with Crippen LogP contribution in [0, 0.1) is 6.92 Å². The number of halogens is 1. The number of aromatic nitrogens is 3. The molecule has 0 atom stereocenters. The molecule has 0 amide bonds. The summed E-state index contributed by atoms with van der Waals surface area (Å²) in [5.41, 5.74) is 2.84. The molecule has 1 N–H and O–H groups in total. The van der Waals surface area contributed by atoms with Crippen molar-refractivity contribution in [2.75, 3.05) is 6.54 Å². The van der Waals surface area contributed by atoms with Crippen LogP contribution >= 0.6 is 11.6 Å². The summed E-state index contributed by atoms with van der Waals surface area (Å²) in [6, 6.07) is 6.24. The van der Waals surface area contributed by atoms with Crippen LogP contribution in [0.25, 0.3) is 5.65 Å². The fourth-order valence-corrected chi connectivity index (χ4v) is 4.89. The third-order valence-electron chi connectivity index (χ3n) is 4.19. The summed E-state index contributed by atoms with van der Waals surface area (Å²) in [6.45, 7) is 3.22. The van der Waals surface area contributed by atoms with Crippen molar-refractivity contribution in [3.63, 3.8) is 0 Å². The monoisotopic (exact) mass is 362 g/mol. The van der Waals surface area contributed by atoms with Crippen LogP contribution in [0.3, 0.4) is 0 Å². The molecule has 3 heterocycles. The highest BCUT2D eigenvalue weighted by molar-refractivity contribution is 7.91. The van der Waals surface area contributed by atoms with E-state index in [1.807, 2.05) is 0 Å². The first-order valence-corrected chi connectivity index (χ1v) is 9.42.